The van der Waals surface area contributed by atoms with Crippen molar-refractivity contribution in [2.45, 2.75) is 6.42 Å². The topological polar surface area (TPSA) is 93.7 Å². The quantitative estimate of drug-likeness (QED) is 0.761. The molecule has 1 aliphatic heterocycles. The molecule has 8 heteroatoms. The number of carbonyl (C=O) groups excluding carboxylic acids is 1. The number of para-hydroxylation sites is 1. The highest BCUT2D eigenvalue weighted by Crippen LogP contribution is 2.35. The van der Waals surface area contributed by atoms with Crippen molar-refractivity contribution in [3.05, 3.63) is 23.8 Å². The van der Waals surface area contributed by atoms with E-state index in [0.29, 0.717) is 17.9 Å². The van der Waals surface area contributed by atoms with Gasteiger partial charge in [0.1, 0.15) is 6.61 Å². The summed E-state index contributed by atoms with van der Waals surface area (Å²) < 4.78 is 35.6. The van der Waals surface area contributed by atoms with E-state index in [1.165, 1.54) is 7.05 Å². The van der Waals surface area contributed by atoms with Crippen LogP contribution >= 0.6 is 0 Å². The minimum absolute atomic E-state index is 0.0729. The molecule has 1 aromatic rings. The lowest BCUT2D eigenvalue weighted by atomic mass is 9.95. The molecule has 0 unspecified atom stereocenters. The van der Waals surface area contributed by atoms with Crippen LogP contribution in [0, 0.1) is 5.92 Å². The number of hydrogen-bond acceptors (Lipinski definition) is 5. The van der Waals surface area contributed by atoms with Gasteiger partial charge in [0.05, 0.1) is 18.8 Å². The molecule has 0 saturated heterocycles. The maximum absolute atomic E-state index is 12.1. The molecule has 122 valence electrons. The number of fused-ring (bicyclic) bond motifs is 1. The Labute approximate surface area is 130 Å². The standard InChI is InChI=1S/C14H20N2O5S/c1-15-22(18,19)7-6-16-14(17)11-8-10-4-3-5-12(20-2)13(10)21-9-11/h3-5,11,15H,6-9H2,1-2H3,(H,16,17)/t11-/m0/s1. The molecule has 1 heterocycles. The van der Waals surface area contributed by atoms with Crippen molar-refractivity contribution in [2.75, 3.05) is 33.1 Å². The van der Waals surface area contributed by atoms with Crippen LogP contribution in [0.25, 0.3) is 0 Å². The predicted molar refractivity (Wildman–Crippen MR) is 81.5 cm³/mol. The highest BCUT2D eigenvalue weighted by molar-refractivity contribution is 7.89. The van der Waals surface area contributed by atoms with E-state index in [4.69, 9.17) is 9.47 Å². The van der Waals surface area contributed by atoms with E-state index in [1.807, 2.05) is 18.2 Å². The van der Waals surface area contributed by atoms with E-state index >= 15 is 0 Å². The average Bonchev–Trinajstić information content (AvgIpc) is 2.53. The molecule has 0 saturated carbocycles. The maximum atomic E-state index is 12.1. The van der Waals surface area contributed by atoms with Crippen LogP contribution in [0.5, 0.6) is 11.5 Å². The second-order valence-electron chi connectivity index (χ2n) is 4.97. The van der Waals surface area contributed by atoms with Crippen molar-refractivity contribution < 1.29 is 22.7 Å². The molecule has 0 radical (unpaired) electrons. The zero-order chi connectivity index (χ0) is 16.2. The molecule has 0 aliphatic carbocycles. The molecule has 7 nitrogen and oxygen atoms in total. The van der Waals surface area contributed by atoms with E-state index in [1.54, 1.807) is 7.11 Å². The summed E-state index contributed by atoms with van der Waals surface area (Å²) in [5, 5.41) is 2.63. The number of methoxy groups -OCH3 is 1. The Morgan fingerprint density at radius 2 is 2.23 bits per heavy atom. The summed E-state index contributed by atoms with van der Waals surface area (Å²) in [4.78, 5) is 12.1. The Morgan fingerprint density at radius 1 is 1.45 bits per heavy atom. The third-order valence-corrected chi connectivity index (χ3v) is 4.89. The summed E-state index contributed by atoms with van der Waals surface area (Å²) >= 11 is 0. The number of amides is 1. The SMILES string of the molecule is CNS(=O)(=O)CCNC(=O)[C@@H]1COc2c(cccc2OC)C1. The third kappa shape index (κ3) is 3.89. The van der Waals surface area contributed by atoms with E-state index < -0.39 is 10.0 Å². The van der Waals surface area contributed by atoms with Gasteiger partial charge in [-0.15, -0.1) is 0 Å². The zero-order valence-corrected chi connectivity index (χ0v) is 13.4. The predicted octanol–water partition coefficient (Wildman–Crippen LogP) is -0.0883. The van der Waals surface area contributed by atoms with Gasteiger partial charge in [-0.2, -0.15) is 0 Å². The second-order valence-corrected chi connectivity index (χ2v) is 7.02. The zero-order valence-electron chi connectivity index (χ0n) is 12.6. The Hall–Kier alpha value is -1.80. The largest absolute Gasteiger partial charge is 0.493 e. The van der Waals surface area contributed by atoms with Gasteiger partial charge in [-0.05, 0) is 25.1 Å². The highest BCUT2D eigenvalue weighted by atomic mass is 32.2. The van der Waals surface area contributed by atoms with Gasteiger partial charge >= 0.3 is 0 Å². The van der Waals surface area contributed by atoms with Gasteiger partial charge < -0.3 is 14.8 Å². The van der Waals surface area contributed by atoms with Crippen LogP contribution in [0.4, 0.5) is 0 Å². The monoisotopic (exact) mass is 328 g/mol. The van der Waals surface area contributed by atoms with Crippen LogP contribution in [0.1, 0.15) is 5.56 Å². The van der Waals surface area contributed by atoms with Gasteiger partial charge in [0.15, 0.2) is 11.5 Å². The first kappa shape index (κ1) is 16.6. The average molecular weight is 328 g/mol. The third-order valence-electron chi connectivity index (χ3n) is 3.53. The number of nitrogens with one attached hydrogen (secondary N) is 2. The molecule has 2 rings (SSSR count). The van der Waals surface area contributed by atoms with Crippen molar-refractivity contribution in [3.8, 4) is 11.5 Å². The summed E-state index contributed by atoms with van der Waals surface area (Å²) in [6.07, 6.45) is 0.539. The van der Waals surface area contributed by atoms with Gasteiger partial charge in [-0.25, -0.2) is 13.1 Å². The second kappa shape index (κ2) is 6.97. The van der Waals surface area contributed by atoms with Crippen LogP contribution < -0.4 is 19.5 Å². The first-order valence-electron chi connectivity index (χ1n) is 6.94. The smallest absolute Gasteiger partial charge is 0.226 e. The lowest BCUT2D eigenvalue weighted by molar-refractivity contribution is -0.126. The number of ether oxygens (including phenoxy) is 2. The Morgan fingerprint density at radius 3 is 2.91 bits per heavy atom. The van der Waals surface area contributed by atoms with E-state index in [2.05, 4.69) is 10.0 Å². The summed E-state index contributed by atoms with van der Waals surface area (Å²) in [5.41, 5.74) is 0.911. The fourth-order valence-corrected chi connectivity index (χ4v) is 2.85. The molecule has 2 N–H and O–H groups in total. The molecule has 0 aromatic heterocycles. The summed E-state index contributed by atoms with van der Waals surface area (Å²) in [5.74, 6) is 0.632. The van der Waals surface area contributed by atoms with Gasteiger partial charge in [-0.1, -0.05) is 12.1 Å². The van der Waals surface area contributed by atoms with Gasteiger partial charge in [0, 0.05) is 6.54 Å². The van der Waals surface area contributed by atoms with E-state index in [-0.39, 0.29) is 30.7 Å². The number of benzene rings is 1. The maximum Gasteiger partial charge on any atom is 0.226 e. The summed E-state index contributed by atoms with van der Waals surface area (Å²) in [6.45, 7) is 0.321. The van der Waals surface area contributed by atoms with Crippen LogP contribution in [-0.4, -0.2) is 47.4 Å². The number of hydrogen-bond donors (Lipinski definition) is 2. The molecule has 1 atom stereocenters. The Bertz CT molecular complexity index is 645. The first-order valence-corrected chi connectivity index (χ1v) is 8.59. The molecular weight excluding hydrogens is 308 g/mol. The lowest BCUT2D eigenvalue weighted by Crippen LogP contribution is -2.40. The van der Waals surface area contributed by atoms with Crippen molar-refractivity contribution in [2.24, 2.45) is 5.92 Å². The van der Waals surface area contributed by atoms with Crippen molar-refractivity contribution in [1.29, 1.82) is 0 Å². The fourth-order valence-electron chi connectivity index (χ4n) is 2.28. The molecule has 1 amide bonds. The molecule has 0 spiro atoms. The van der Waals surface area contributed by atoms with Gasteiger partial charge in [0.25, 0.3) is 0 Å². The Kier molecular flexibility index (Phi) is 5.25. The molecule has 0 fully saturated rings. The first-order chi connectivity index (χ1) is 10.5. The minimum atomic E-state index is -3.32. The number of rotatable bonds is 6. The van der Waals surface area contributed by atoms with Gasteiger partial charge in [0.2, 0.25) is 15.9 Å². The summed E-state index contributed by atoms with van der Waals surface area (Å²) in [6, 6.07) is 5.55. The number of sulfonamides is 1. The molecule has 0 bridgehead atoms. The van der Waals surface area contributed by atoms with Gasteiger partial charge in [-0.3, -0.25) is 4.79 Å². The molecule has 1 aromatic carbocycles. The van der Waals surface area contributed by atoms with Crippen LogP contribution in [0.15, 0.2) is 18.2 Å². The highest BCUT2D eigenvalue weighted by Gasteiger charge is 2.27. The van der Waals surface area contributed by atoms with E-state index in [0.717, 1.165) is 5.56 Å². The van der Waals surface area contributed by atoms with Crippen molar-refractivity contribution >= 4 is 15.9 Å². The Balaban J connectivity index is 1.93. The normalized spacial score (nSPS) is 17.3. The molecule has 22 heavy (non-hydrogen) atoms. The van der Waals surface area contributed by atoms with Crippen LogP contribution in [0.3, 0.4) is 0 Å². The summed E-state index contributed by atoms with van der Waals surface area (Å²) in [7, 11) is -0.403. The lowest BCUT2D eigenvalue weighted by Gasteiger charge is -2.25. The van der Waals surface area contributed by atoms with Crippen molar-refractivity contribution in [1.82, 2.24) is 10.0 Å². The molecule has 1 aliphatic rings. The van der Waals surface area contributed by atoms with Crippen LogP contribution in [-0.2, 0) is 21.2 Å². The van der Waals surface area contributed by atoms with E-state index in [9.17, 15) is 13.2 Å². The van der Waals surface area contributed by atoms with Crippen molar-refractivity contribution in [3.63, 3.8) is 0 Å². The van der Waals surface area contributed by atoms with Crippen LogP contribution in [0.2, 0.25) is 0 Å². The number of carbonyl (C=O) groups is 1. The molecular formula is C14H20N2O5S. The fraction of sp³-hybridized carbons (Fsp3) is 0.500. The minimum Gasteiger partial charge on any atom is -0.493 e.